The summed E-state index contributed by atoms with van der Waals surface area (Å²) < 4.78 is 26.8. The second kappa shape index (κ2) is 8.42. The van der Waals surface area contributed by atoms with Gasteiger partial charge >= 0.3 is 0 Å². The van der Waals surface area contributed by atoms with Gasteiger partial charge in [-0.15, -0.1) is 0 Å². The molecule has 1 aliphatic rings. The summed E-state index contributed by atoms with van der Waals surface area (Å²) >= 11 is 5.84. The number of fused-ring (bicyclic) bond motifs is 1. The van der Waals surface area contributed by atoms with Gasteiger partial charge in [-0.1, -0.05) is 42.8 Å². The monoisotopic (exact) mass is 406 g/mol. The van der Waals surface area contributed by atoms with Crippen molar-refractivity contribution in [3.63, 3.8) is 0 Å². The van der Waals surface area contributed by atoms with Crippen LogP contribution in [0.25, 0.3) is 0 Å². The first kappa shape index (κ1) is 19.9. The summed E-state index contributed by atoms with van der Waals surface area (Å²) in [5.74, 6) is -0.295. The van der Waals surface area contributed by atoms with E-state index in [1.807, 2.05) is 18.2 Å². The molecule has 27 heavy (non-hydrogen) atoms. The molecule has 0 bridgehead atoms. The molecule has 2 aromatic carbocycles. The molecule has 0 heterocycles. The van der Waals surface area contributed by atoms with Gasteiger partial charge in [0.2, 0.25) is 15.9 Å². The lowest BCUT2D eigenvalue weighted by Gasteiger charge is -2.27. The number of carbonyl (C=O) groups is 1. The molecule has 0 spiro atoms. The summed E-state index contributed by atoms with van der Waals surface area (Å²) in [6.45, 7) is 1.72. The third-order valence-electron chi connectivity index (χ3n) is 4.83. The van der Waals surface area contributed by atoms with Crippen LogP contribution in [0.5, 0.6) is 0 Å². The Morgan fingerprint density at radius 2 is 1.89 bits per heavy atom. The van der Waals surface area contributed by atoms with Crippen molar-refractivity contribution in [1.82, 2.24) is 9.62 Å². The van der Waals surface area contributed by atoms with Crippen molar-refractivity contribution in [3.8, 4) is 0 Å². The molecule has 0 radical (unpaired) electrons. The molecule has 0 unspecified atom stereocenters. The number of likely N-dealkylation sites (N-methyl/N-ethyl adjacent to an activating group) is 1. The third kappa shape index (κ3) is 4.51. The van der Waals surface area contributed by atoms with Gasteiger partial charge in [0, 0.05) is 11.6 Å². The lowest BCUT2D eigenvalue weighted by molar-refractivity contribution is -0.122. The van der Waals surface area contributed by atoms with Crippen LogP contribution in [0.4, 0.5) is 0 Å². The number of amides is 1. The SMILES string of the molecule is CCN(CC(=O)N[C@H]1CCCc2ccccc21)S(=O)(=O)c1ccc(Cl)cc1. The first-order valence-corrected chi connectivity index (χ1v) is 10.9. The first-order valence-electron chi connectivity index (χ1n) is 9.04. The minimum Gasteiger partial charge on any atom is -0.348 e. The van der Waals surface area contributed by atoms with Crippen molar-refractivity contribution >= 4 is 27.5 Å². The predicted molar refractivity (Wildman–Crippen MR) is 106 cm³/mol. The number of halogens is 1. The number of sulfonamides is 1. The molecule has 0 saturated carbocycles. The zero-order valence-corrected chi connectivity index (χ0v) is 16.8. The molecule has 0 saturated heterocycles. The van der Waals surface area contributed by atoms with Crippen molar-refractivity contribution in [1.29, 1.82) is 0 Å². The van der Waals surface area contributed by atoms with Gasteiger partial charge in [0.1, 0.15) is 0 Å². The van der Waals surface area contributed by atoms with E-state index in [2.05, 4.69) is 11.4 Å². The van der Waals surface area contributed by atoms with Crippen LogP contribution < -0.4 is 5.32 Å². The van der Waals surface area contributed by atoms with Crippen LogP contribution in [0, 0.1) is 0 Å². The van der Waals surface area contributed by atoms with Crippen LogP contribution >= 0.6 is 11.6 Å². The van der Waals surface area contributed by atoms with Crippen LogP contribution in [-0.4, -0.2) is 31.7 Å². The van der Waals surface area contributed by atoms with Gasteiger partial charge in [-0.3, -0.25) is 4.79 Å². The van der Waals surface area contributed by atoms with Crippen molar-refractivity contribution in [2.75, 3.05) is 13.1 Å². The van der Waals surface area contributed by atoms with Gasteiger partial charge in [0.15, 0.2) is 0 Å². The second-order valence-electron chi connectivity index (χ2n) is 6.60. The second-order valence-corrected chi connectivity index (χ2v) is 8.97. The van der Waals surface area contributed by atoms with Crippen molar-refractivity contribution < 1.29 is 13.2 Å². The highest BCUT2D eigenvalue weighted by molar-refractivity contribution is 7.89. The smallest absolute Gasteiger partial charge is 0.243 e. The molecule has 0 fully saturated rings. The summed E-state index contributed by atoms with van der Waals surface area (Å²) in [5.41, 5.74) is 2.37. The fourth-order valence-corrected chi connectivity index (χ4v) is 4.96. The molecule has 0 aliphatic heterocycles. The average molecular weight is 407 g/mol. The Morgan fingerprint density at radius 3 is 2.59 bits per heavy atom. The standard InChI is InChI=1S/C20H23ClN2O3S/c1-2-23(27(25,26)17-12-10-16(21)11-13-17)14-20(24)22-19-9-5-7-15-6-3-4-8-18(15)19/h3-4,6,8,10-13,19H,2,5,7,9,14H2,1H3,(H,22,24)/t19-/m0/s1. The van der Waals surface area contributed by atoms with Crippen LogP contribution in [0.15, 0.2) is 53.4 Å². The molecule has 1 aliphatic carbocycles. The van der Waals surface area contributed by atoms with Gasteiger partial charge < -0.3 is 5.32 Å². The van der Waals surface area contributed by atoms with E-state index in [4.69, 9.17) is 11.6 Å². The van der Waals surface area contributed by atoms with Gasteiger partial charge in [-0.25, -0.2) is 8.42 Å². The van der Waals surface area contributed by atoms with Crippen molar-refractivity contribution in [3.05, 3.63) is 64.7 Å². The third-order valence-corrected chi connectivity index (χ3v) is 7.02. The van der Waals surface area contributed by atoms with E-state index in [0.29, 0.717) is 5.02 Å². The van der Waals surface area contributed by atoms with Crippen molar-refractivity contribution in [2.24, 2.45) is 0 Å². The van der Waals surface area contributed by atoms with Crippen LogP contribution in [-0.2, 0) is 21.2 Å². The number of benzene rings is 2. The quantitative estimate of drug-likeness (QED) is 0.797. The average Bonchev–Trinajstić information content (AvgIpc) is 2.66. The topological polar surface area (TPSA) is 66.5 Å². The number of hydrogen-bond donors (Lipinski definition) is 1. The molecular weight excluding hydrogens is 384 g/mol. The summed E-state index contributed by atoms with van der Waals surface area (Å²) in [6.07, 6.45) is 2.87. The Morgan fingerprint density at radius 1 is 1.19 bits per heavy atom. The molecule has 7 heteroatoms. The van der Waals surface area contributed by atoms with Crippen molar-refractivity contribution in [2.45, 2.75) is 37.1 Å². The molecule has 0 aromatic heterocycles. The summed E-state index contributed by atoms with van der Waals surface area (Å²) in [5, 5.41) is 3.47. The van der Waals surface area contributed by atoms with Gasteiger partial charge in [0.05, 0.1) is 17.5 Å². The highest BCUT2D eigenvalue weighted by Crippen LogP contribution is 2.29. The fourth-order valence-electron chi connectivity index (χ4n) is 3.43. The Labute approximate surface area is 165 Å². The zero-order chi connectivity index (χ0) is 19.4. The normalized spacial score (nSPS) is 16.8. The molecule has 2 aromatic rings. The van der Waals surface area contributed by atoms with Crippen LogP contribution in [0.3, 0.4) is 0 Å². The minimum absolute atomic E-state index is 0.0700. The first-order chi connectivity index (χ1) is 12.9. The van der Waals surface area contributed by atoms with Gasteiger partial charge in [-0.2, -0.15) is 4.31 Å². The van der Waals surface area contributed by atoms with E-state index < -0.39 is 10.0 Å². The summed E-state index contributed by atoms with van der Waals surface area (Å²) in [7, 11) is -3.75. The molecular formula is C20H23ClN2O3S. The summed E-state index contributed by atoms with van der Waals surface area (Å²) in [6, 6.07) is 14.0. The fraction of sp³-hybridized carbons (Fsp3) is 0.350. The highest BCUT2D eigenvalue weighted by atomic mass is 35.5. The van der Waals surface area contributed by atoms with E-state index >= 15 is 0 Å². The number of carbonyl (C=O) groups excluding carboxylic acids is 1. The van der Waals surface area contributed by atoms with E-state index in [1.165, 1.54) is 34.1 Å². The van der Waals surface area contributed by atoms with E-state index in [9.17, 15) is 13.2 Å². The van der Waals surface area contributed by atoms with E-state index in [-0.39, 0.29) is 29.9 Å². The summed E-state index contributed by atoms with van der Waals surface area (Å²) in [4.78, 5) is 12.7. The predicted octanol–water partition coefficient (Wildman–Crippen LogP) is 3.54. The number of nitrogens with zero attached hydrogens (tertiary/aromatic N) is 1. The lowest BCUT2D eigenvalue weighted by atomic mass is 9.88. The minimum atomic E-state index is -3.75. The maximum absolute atomic E-state index is 12.8. The number of aryl methyl sites for hydroxylation is 1. The van der Waals surface area contributed by atoms with E-state index in [0.717, 1.165) is 24.8 Å². The number of rotatable bonds is 6. The largest absolute Gasteiger partial charge is 0.348 e. The van der Waals surface area contributed by atoms with Gasteiger partial charge in [0.25, 0.3) is 0 Å². The Balaban J connectivity index is 1.72. The Kier molecular flexibility index (Phi) is 6.19. The van der Waals surface area contributed by atoms with Crippen LogP contribution in [0.1, 0.15) is 36.9 Å². The van der Waals surface area contributed by atoms with E-state index in [1.54, 1.807) is 6.92 Å². The maximum atomic E-state index is 12.8. The zero-order valence-electron chi connectivity index (χ0n) is 15.2. The molecule has 1 amide bonds. The molecule has 5 nitrogen and oxygen atoms in total. The lowest BCUT2D eigenvalue weighted by Crippen LogP contribution is -2.42. The van der Waals surface area contributed by atoms with Crippen LogP contribution in [0.2, 0.25) is 5.02 Å². The molecule has 144 valence electrons. The molecule has 1 atom stereocenters. The molecule has 1 N–H and O–H groups in total. The highest BCUT2D eigenvalue weighted by Gasteiger charge is 2.27. The molecule has 3 rings (SSSR count). The Bertz CT molecular complexity index is 913. The Hall–Kier alpha value is -1.89. The number of hydrogen-bond acceptors (Lipinski definition) is 3. The maximum Gasteiger partial charge on any atom is 0.243 e. The van der Waals surface area contributed by atoms with Gasteiger partial charge in [-0.05, 0) is 54.7 Å². The number of nitrogens with one attached hydrogen (secondary N) is 1.